The van der Waals surface area contributed by atoms with Gasteiger partial charge in [-0.1, -0.05) is 30.3 Å². The second-order valence-electron chi connectivity index (χ2n) is 6.36. The molecule has 0 fully saturated rings. The van der Waals surface area contributed by atoms with Gasteiger partial charge in [0.15, 0.2) is 0 Å². The molecule has 2 aromatic carbocycles. The van der Waals surface area contributed by atoms with E-state index in [1.54, 1.807) is 17.1 Å². The largest absolute Gasteiger partial charge is 0.322 e. The maximum Gasteiger partial charge on any atom is 0.258 e. The number of amides is 1. The van der Waals surface area contributed by atoms with Crippen LogP contribution in [-0.2, 0) is 5.54 Å². The van der Waals surface area contributed by atoms with Crippen molar-refractivity contribution >= 4 is 22.4 Å². The van der Waals surface area contributed by atoms with Gasteiger partial charge in [0.05, 0.1) is 17.3 Å². The first-order valence-corrected chi connectivity index (χ1v) is 7.29. The Bertz CT molecular complexity index is 827. The predicted molar refractivity (Wildman–Crippen MR) is 89.1 cm³/mol. The molecule has 0 spiro atoms. The lowest BCUT2D eigenvalue weighted by molar-refractivity contribution is 0.102. The normalized spacial score (nSPS) is 11.6. The van der Waals surface area contributed by atoms with Crippen LogP contribution in [0.3, 0.4) is 0 Å². The number of fused-ring (bicyclic) bond motifs is 1. The molecule has 1 amide bonds. The highest BCUT2D eigenvalue weighted by Crippen LogP contribution is 2.20. The van der Waals surface area contributed by atoms with Gasteiger partial charge in [-0.2, -0.15) is 5.10 Å². The molecule has 3 rings (SSSR count). The number of benzene rings is 2. The molecule has 0 aliphatic rings. The summed E-state index contributed by atoms with van der Waals surface area (Å²) in [6, 6.07) is 14.0. The standard InChI is InChI=1S/C18H19N3O/c1-18(2,3)21-12-15(11-19-21)17(22)20-16-9-8-13-6-4-5-7-14(13)10-16/h4-12H,1-3H3,(H,20,22). The van der Waals surface area contributed by atoms with Crippen molar-refractivity contribution in [2.24, 2.45) is 0 Å². The molecule has 4 nitrogen and oxygen atoms in total. The highest BCUT2D eigenvalue weighted by molar-refractivity contribution is 6.04. The van der Waals surface area contributed by atoms with E-state index in [1.165, 1.54) is 0 Å². The lowest BCUT2D eigenvalue weighted by Gasteiger charge is -2.18. The lowest BCUT2D eigenvalue weighted by Crippen LogP contribution is -2.22. The van der Waals surface area contributed by atoms with Crippen LogP contribution in [-0.4, -0.2) is 15.7 Å². The first kappa shape index (κ1) is 14.3. The fourth-order valence-electron chi connectivity index (χ4n) is 2.28. The predicted octanol–water partition coefficient (Wildman–Crippen LogP) is 4.04. The summed E-state index contributed by atoms with van der Waals surface area (Å²) < 4.78 is 1.79. The van der Waals surface area contributed by atoms with E-state index in [-0.39, 0.29) is 11.4 Å². The number of carbonyl (C=O) groups is 1. The lowest BCUT2D eigenvalue weighted by atomic mass is 10.1. The van der Waals surface area contributed by atoms with Crippen LogP contribution in [0.4, 0.5) is 5.69 Å². The summed E-state index contributed by atoms with van der Waals surface area (Å²) in [7, 11) is 0. The van der Waals surface area contributed by atoms with Crippen LogP contribution in [0.1, 0.15) is 31.1 Å². The van der Waals surface area contributed by atoms with Crippen molar-refractivity contribution in [3.63, 3.8) is 0 Å². The molecule has 0 saturated heterocycles. The molecule has 0 saturated carbocycles. The number of aromatic nitrogens is 2. The minimum Gasteiger partial charge on any atom is -0.322 e. The van der Waals surface area contributed by atoms with E-state index in [1.807, 2.05) is 63.2 Å². The Morgan fingerprint density at radius 3 is 2.50 bits per heavy atom. The van der Waals surface area contributed by atoms with Gasteiger partial charge in [0.2, 0.25) is 0 Å². The summed E-state index contributed by atoms with van der Waals surface area (Å²) in [5.74, 6) is -0.147. The summed E-state index contributed by atoms with van der Waals surface area (Å²) in [4.78, 5) is 12.3. The van der Waals surface area contributed by atoms with Gasteiger partial charge in [0.1, 0.15) is 0 Å². The summed E-state index contributed by atoms with van der Waals surface area (Å²) in [5.41, 5.74) is 1.21. The maximum atomic E-state index is 12.3. The average Bonchev–Trinajstić information content (AvgIpc) is 2.97. The van der Waals surface area contributed by atoms with E-state index >= 15 is 0 Å². The van der Waals surface area contributed by atoms with E-state index in [0.29, 0.717) is 5.56 Å². The number of hydrogen-bond donors (Lipinski definition) is 1. The fourth-order valence-corrected chi connectivity index (χ4v) is 2.28. The molecule has 0 radical (unpaired) electrons. The van der Waals surface area contributed by atoms with Gasteiger partial charge in [-0.05, 0) is 43.7 Å². The van der Waals surface area contributed by atoms with Gasteiger partial charge in [-0.25, -0.2) is 0 Å². The molecule has 22 heavy (non-hydrogen) atoms. The molecule has 1 aromatic heterocycles. The van der Waals surface area contributed by atoms with Gasteiger partial charge >= 0.3 is 0 Å². The summed E-state index contributed by atoms with van der Waals surface area (Å²) >= 11 is 0. The Balaban J connectivity index is 1.82. The zero-order chi connectivity index (χ0) is 15.7. The Morgan fingerprint density at radius 2 is 1.82 bits per heavy atom. The van der Waals surface area contributed by atoms with E-state index in [9.17, 15) is 4.79 Å². The Morgan fingerprint density at radius 1 is 1.09 bits per heavy atom. The molecule has 0 unspecified atom stereocenters. The first-order valence-electron chi connectivity index (χ1n) is 7.29. The second kappa shape index (κ2) is 5.30. The van der Waals surface area contributed by atoms with Crippen LogP contribution in [0.15, 0.2) is 54.9 Å². The van der Waals surface area contributed by atoms with Crippen molar-refractivity contribution in [2.45, 2.75) is 26.3 Å². The van der Waals surface area contributed by atoms with Crippen LogP contribution in [0.2, 0.25) is 0 Å². The molecule has 3 aromatic rings. The monoisotopic (exact) mass is 293 g/mol. The highest BCUT2D eigenvalue weighted by Gasteiger charge is 2.16. The quantitative estimate of drug-likeness (QED) is 0.775. The van der Waals surface area contributed by atoms with Crippen molar-refractivity contribution in [1.82, 2.24) is 9.78 Å². The summed E-state index contributed by atoms with van der Waals surface area (Å²) in [6.45, 7) is 6.14. The summed E-state index contributed by atoms with van der Waals surface area (Å²) in [6.07, 6.45) is 3.37. The van der Waals surface area contributed by atoms with Gasteiger partial charge in [0, 0.05) is 11.9 Å². The van der Waals surface area contributed by atoms with Crippen molar-refractivity contribution in [3.05, 3.63) is 60.4 Å². The molecule has 0 aliphatic carbocycles. The zero-order valence-corrected chi connectivity index (χ0v) is 13.0. The molecular weight excluding hydrogens is 274 g/mol. The average molecular weight is 293 g/mol. The zero-order valence-electron chi connectivity index (χ0n) is 13.0. The fraction of sp³-hybridized carbons (Fsp3) is 0.222. The SMILES string of the molecule is CC(C)(C)n1cc(C(=O)Nc2ccc3ccccc3c2)cn1. The number of carbonyl (C=O) groups excluding carboxylic acids is 1. The first-order chi connectivity index (χ1) is 10.4. The number of anilines is 1. The van der Waals surface area contributed by atoms with Crippen LogP contribution in [0.5, 0.6) is 0 Å². The van der Waals surface area contributed by atoms with Crippen molar-refractivity contribution in [1.29, 1.82) is 0 Å². The van der Waals surface area contributed by atoms with E-state index < -0.39 is 0 Å². The Labute approximate surface area is 129 Å². The molecule has 0 bridgehead atoms. The van der Waals surface area contributed by atoms with Crippen molar-refractivity contribution in [3.8, 4) is 0 Å². The maximum absolute atomic E-state index is 12.3. The Hall–Kier alpha value is -2.62. The molecule has 1 heterocycles. The van der Waals surface area contributed by atoms with Crippen LogP contribution in [0.25, 0.3) is 10.8 Å². The molecule has 112 valence electrons. The summed E-state index contributed by atoms with van der Waals surface area (Å²) in [5, 5.41) is 9.44. The number of nitrogens with zero attached hydrogens (tertiary/aromatic N) is 2. The van der Waals surface area contributed by atoms with Gasteiger partial charge in [-0.15, -0.1) is 0 Å². The molecule has 1 N–H and O–H groups in total. The van der Waals surface area contributed by atoms with Crippen LogP contribution < -0.4 is 5.32 Å². The second-order valence-corrected chi connectivity index (χ2v) is 6.36. The topological polar surface area (TPSA) is 46.9 Å². The number of hydrogen-bond acceptors (Lipinski definition) is 2. The number of nitrogens with one attached hydrogen (secondary N) is 1. The smallest absolute Gasteiger partial charge is 0.258 e. The van der Waals surface area contributed by atoms with Gasteiger partial charge in [0.25, 0.3) is 5.91 Å². The third-order valence-electron chi connectivity index (χ3n) is 3.54. The molecule has 4 heteroatoms. The minimum absolute atomic E-state index is 0.137. The van der Waals surface area contributed by atoms with Crippen molar-refractivity contribution < 1.29 is 4.79 Å². The van der Waals surface area contributed by atoms with Crippen LogP contribution >= 0.6 is 0 Å². The van der Waals surface area contributed by atoms with E-state index in [2.05, 4.69) is 10.4 Å². The Kier molecular flexibility index (Phi) is 3.45. The minimum atomic E-state index is -0.147. The van der Waals surface area contributed by atoms with Gasteiger partial charge in [-0.3, -0.25) is 9.48 Å². The van der Waals surface area contributed by atoms with E-state index in [0.717, 1.165) is 16.5 Å². The molecule has 0 aliphatic heterocycles. The third-order valence-corrected chi connectivity index (χ3v) is 3.54. The van der Waals surface area contributed by atoms with E-state index in [4.69, 9.17) is 0 Å². The van der Waals surface area contributed by atoms with Gasteiger partial charge < -0.3 is 5.32 Å². The third kappa shape index (κ3) is 2.86. The highest BCUT2D eigenvalue weighted by atomic mass is 16.1. The molecular formula is C18H19N3O. The van der Waals surface area contributed by atoms with Crippen LogP contribution in [0, 0.1) is 0 Å². The number of rotatable bonds is 2. The van der Waals surface area contributed by atoms with Crippen molar-refractivity contribution in [2.75, 3.05) is 5.32 Å². The molecule has 0 atom stereocenters.